The Bertz CT molecular complexity index is 895. The molecule has 0 saturated carbocycles. The summed E-state index contributed by atoms with van der Waals surface area (Å²) in [6.07, 6.45) is 1.20. The van der Waals surface area contributed by atoms with E-state index in [2.05, 4.69) is 0 Å². The number of hydrogen-bond acceptors (Lipinski definition) is 6. The number of nitrogens with zero attached hydrogens (tertiary/aromatic N) is 2. The summed E-state index contributed by atoms with van der Waals surface area (Å²) in [5.74, 6) is 0.630. The minimum Gasteiger partial charge on any atom is -0.493 e. The van der Waals surface area contributed by atoms with Crippen LogP contribution in [0.3, 0.4) is 0 Å². The number of ether oxygens (including phenoxy) is 3. The van der Waals surface area contributed by atoms with Gasteiger partial charge in [0.1, 0.15) is 0 Å². The lowest BCUT2D eigenvalue weighted by atomic mass is 10.1. The molecule has 0 spiro atoms. The van der Waals surface area contributed by atoms with Gasteiger partial charge in [0.25, 0.3) is 5.91 Å². The maximum atomic E-state index is 13.3. The molecule has 1 heterocycles. The molecule has 2 aromatic rings. The van der Waals surface area contributed by atoms with Crippen molar-refractivity contribution in [3.8, 4) is 11.5 Å². The largest absolute Gasteiger partial charge is 0.493 e. The summed E-state index contributed by atoms with van der Waals surface area (Å²) in [7, 11) is 3.18. The minimum atomic E-state index is -1.22. The van der Waals surface area contributed by atoms with Crippen molar-refractivity contribution in [1.82, 2.24) is 9.80 Å². The highest BCUT2D eigenvalue weighted by Crippen LogP contribution is 2.28. The molecule has 0 aliphatic carbocycles. The Morgan fingerprint density at radius 1 is 1.06 bits per heavy atom. The van der Waals surface area contributed by atoms with Crippen LogP contribution in [0.25, 0.3) is 0 Å². The van der Waals surface area contributed by atoms with E-state index in [1.807, 2.05) is 42.6 Å². The number of hydrogen-bond donors (Lipinski definition) is 0. The van der Waals surface area contributed by atoms with E-state index in [4.69, 9.17) is 37.4 Å². The molecule has 0 saturated heterocycles. The number of thiophene rings is 1. The molecular formula is C24H32Cl2N2O5S. The lowest BCUT2D eigenvalue weighted by Gasteiger charge is -2.28. The molecule has 0 aliphatic rings. The third kappa shape index (κ3) is 8.98. The van der Waals surface area contributed by atoms with E-state index in [1.54, 1.807) is 30.5 Å². The lowest BCUT2D eigenvalue weighted by Crippen LogP contribution is -2.45. The molecule has 7 nitrogen and oxygen atoms in total. The second-order valence-electron chi connectivity index (χ2n) is 7.44. The van der Waals surface area contributed by atoms with Gasteiger partial charge in [-0.1, -0.05) is 35.3 Å². The van der Waals surface area contributed by atoms with Crippen molar-refractivity contribution in [2.24, 2.45) is 0 Å². The Hall–Kier alpha value is -2.00. The van der Waals surface area contributed by atoms with Gasteiger partial charge in [-0.15, -0.1) is 11.3 Å². The fourth-order valence-electron chi connectivity index (χ4n) is 3.35. The van der Waals surface area contributed by atoms with Gasteiger partial charge in [-0.25, -0.2) is 0 Å². The number of halogens is 2. The maximum absolute atomic E-state index is 13.3. The average molecular weight is 532 g/mol. The van der Waals surface area contributed by atoms with Gasteiger partial charge in [-0.3, -0.25) is 9.59 Å². The van der Waals surface area contributed by atoms with Gasteiger partial charge in [-0.05, 0) is 48.9 Å². The summed E-state index contributed by atoms with van der Waals surface area (Å²) in [5.41, 5.74) is 1.01. The van der Waals surface area contributed by atoms with Crippen LogP contribution in [0.5, 0.6) is 11.5 Å². The van der Waals surface area contributed by atoms with E-state index < -0.39 is 10.7 Å². The third-order valence-electron chi connectivity index (χ3n) is 5.14. The van der Waals surface area contributed by atoms with Crippen LogP contribution in [0.2, 0.25) is 0 Å². The first-order valence-corrected chi connectivity index (χ1v) is 12.8. The van der Waals surface area contributed by atoms with Crippen LogP contribution < -0.4 is 9.47 Å². The normalized spacial score (nSPS) is 10.9. The quantitative estimate of drug-likeness (QED) is 0.252. The molecule has 0 N–H and O–H groups in total. The molecular weight excluding hydrogens is 499 g/mol. The zero-order valence-corrected chi connectivity index (χ0v) is 22.1. The van der Waals surface area contributed by atoms with Crippen LogP contribution in [0, 0.1) is 0 Å². The number of methoxy groups -OCH3 is 2. The first-order chi connectivity index (χ1) is 16.4. The summed E-state index contributed by atoms with van der Waals surface area (Å²) in [6.45, 7) is 4.14. The van der Waals surface area contributed by atoms with Crippen LogP contribution in [0.15, 0.2) is 35.7 Å². The van der Waals surface area contributed by atoms with E-state index >= 15 is 0 Å². The van der Waals surface area contributed by atoms with Crippen LogP contribution in [-0.2, 0) is 27.3 Å². The van der Waals surface area contributed by atoms with Crippen molar-refractivity contribution in [2.45, 2.75) is 31.1 Å². The summed E-state index contributed by atoms with van der Waals surface area (Å²) in [4.78, 5) is 28.8. The monoisotopic (exact) mass is 530 g/mol. The van der Waals surface area contributed by atoms with Gasteiger partial charge >= 0.3 is 0 Å². The van der Waals surface area contributed by atoms with Crippen LogP contribution in [-0.4, -0.2) is 73.5 Å². The van der Waals surface area contributed by atoms with Gasteiger partial charge < -0.3 is 24.0 Å². The van der Waals surface area contributed by atoms with Crippen LogP contribution >= 0.6 is 34.5 Å². The highest BCUT2D eigenvalue weighted by molar-refractivity contribution is 7.09. The number of rotatable bonds is 15. The second kappa shape index (κ2) is 15.1. The van der Waals surface area contributed by atoms with E-state index in [-0.39, 0.29) is 12.5 Å². The molecule has 34 heavy (non-hydrogen) atoms. The fraction of sp³-hybridized carbons (Fsp3) is 0.500. The van der Waals surface area contributed by atoms with E-state index in [0.29, 0.717) is 57.2 Å². The molecule has 0 bridgehead atoms. The molecule has 0 atom stereocenters. The van der Waals surface area contributed by atoms with Crippen molar-refractivity contribution < 1.29 is 23.8 Å². The van der Waals surface area contributed by atoms with Gasteiger partial charge in [0.15, 0.2) is 16.3 Å². The molecule has 0 aliphatic heterocycles. The number of carbonyl (C=O) groups excluding carboxylic acids is 2. The Morgan fingerprint density at radius 2 is 1.82 bits per heavy atom. The average Bonchev–Trinajstić information content (AvgIpc) is 3.35. The number of alkyl halides is 2. The number of amides is 2. The summed E-state index contributed by atoms with van der Waals surface area (Å²) >= 11 is 13.2. The van der Waals surface area contributed by atoms with Crippen molar-refractivity contribution in [3.63, 3.8) is 0 Å². The molecule has 10 heteroatoms. The van der Waals surface area contributed by atoms with Gasteiger partial charge in [0.2, 0.25) is 5.91 Å². The van der Waals surface area contributed by atoms with Gasteiger partial charge in [-0.2, -0.15) is 0 Å². The Morgan fingerprint density at radius 3 is 2.44 bits per heavy atom. The van der Waals surface area contributed by atoms with Crippen molar-refractivity contribution >= 4 is 46.4 Å². The third-order valence-corrected chi connectivity index (χ3v) is 6.38. The first-order valence-electron chi connectivity index (χ1n) is 11.0. The smallest absolute Gasteiger partial charge is 0.256 e. The van der Waals surface area contributed by atoms with Crippen LogP contribution in [0.1, 0.15) is 23.8 Å². The standard InChI is InChI=1S/C24H32Cl2N2O5S/c1-4-33-13-6-11-28(24(30)23(25)26)17-22(29)27(16-19-7-5-14-34-19)12-10-18-8-9-20(31-2)21(15-18)32-3/h5,7-9,14-15,23H,4,6,10-13,16-17H2,1-3H3. The van der Waals surface area contributed by atoms with Crippen LogP contribution in [0.4, 0.5) is 0 Å². The number of carbonyl (C=O) groups is 2. The Kier molecular flexibility index (Phi) is 12.5. The Labute approximate surface area is 215 Å². The van der Waals surface area contributed by atoms with E-state index in [0.717, 1.165) is 10.4 Å². The predicted octanol–water partition coefficient (Wildman–Crippen LogP) is 4.40. The van der Waals surface area contributed by atoms with E-state index in [1.165, 1.54) is 4.90 Å². The topological polar surface area (TPSA) is 68.3 Å². The second-order valence-corrected chi connectivity index (χ2v) is 9.57. The lowest BCUT2D eigenvalue weighted by molar-refractivity contribution is -0.140. The van der Waals surface area contributed by atoms with Gasteiger partial charge in [0, 0.05) is 31.2 Å². The Balaban J connectivity index is 2.12. The van der Waals surface area contributed by atoms with Crippen molar-refractivity contribution in [3.05, 3.63) is 46.2 Å². The molecule has 1 aromatic carbocycles. The highest BCUT2D eigenvalue weighted by atomic mass is 35.5. The molecule has 2 rings (SSSR count). The molecule has 0 fully saturated rings. The minimum absolute atomic E-state index is 0.0990. The predicted molar refractivity (Wildman–Crippen MR) is 136 cm³/mol. The zero-order chi connectivity index (χ0) is 24.9. The fourth-order valence-corrected chi connectivity index (χ4v) is 4.35. The molecule has 1 aromatic heterocycles. The van der Waals surface area contributed by atoms with E-state index in [9.17, 15) is 9.59 Å². The SMILES string of the molecule is CCOCCCN(CC(=O)N(CCc1ccc(OC)c(OC)c1)Cc1cccs1)C(=O)C(Cl)Cl. The molecule has 188 valence electrons. The highest BCUT2D eigenvalue weighted by Gasteiger charge is 2.25. The number of benzene rings is 1. The molecule has 0 unspecified atom stereocenters. The first kappa shape index (κ1) is 28.2. The summed E-state index contributed by atoms with van der Waals surface area (Å²) < 4.78 is 16.0. The summed E-state index contributed by atoms with van der Waals surface area (Å²) in [6, 6.07) is 9.64. The zero-order valence-electron chi connectivity index (χ0n) is 19.8. The maximum Gasteiger partial charge on any atom is 0.256 e. The molecule has 0 radical (unpaired) electrons. The van der Waals surface area contributed by atoms with Gasteiger partial charge in [0.05, 0.1) is 27.3 Å². The summed E-state index contributed by atoms with van der Waals surface area (Å²) in [5, 5.41) is 1.97. The van der Waals surface area contributed by atoms with Crippen molar-refractivity contribution in [1.29, 1.82) is 0 Å². The van der Waals surface area contributed by atoms with Crippen molar-refractivity contribution in [2.75, 3.05) is 47.1 Å². The molecule has 2 amide bonds.